The molecule has 0 aliphatic carbocycles. The van der Waals surface area contributed by atoms with E-state index in [1.807, 2.05) is 36.4 Å². The van der Waals surface area contributed by atoms with Gasteiger partial charge in [0.15, 0.2) is 0 Å². The van der Waals surface area contributed by atoms with Gasteiger partial charge in [0, 0.05) is 11.1 Å². The second-order valence-electron chi connectivity index (χ2n) is 11.5. The van der Waals surface area contributed by atoms with Crippen molar-refractivity contribution in [2.75, 3.05) is 5.73 Å². The maximum atomic E-state index is 9.90. The highest BCUT2D eigenvalue weighted by atomic mass is 15.1. The molecule has 4 heteroatoms. The highest BCUT2D eigenvalue weighted by molar-refractivity contribution is 5.75. The SMILES string of the molecule is CC(C)(C)CC(C)(C)c1ccc(N)c(C#N)c1C(C)(C)c1ccccc1.c1ccc2[nH][nH]c2c1. The number of hydrogen-bond acceptors (Lipinski definition) is 2. The number of nitrogens with one attached hydrogen (secondary N) is 2. The van der Waals surface area contributed by atoms with Crippen LogP contribution in [-0.2, 0) is 10.8 Å². The summed E-state index contributed by atoms with van der Waals surface area (Å²) in [6.07, 6.45) is 1.02. The smallest absolute Gasteiger partial charge is 0.102 e. The number of nitriles is 1. The Morgan fingerprint density at radius 2 is 1.29 bits per heavy atom. The Morgan fingerprint density at radius 3 is 1.74 bits per heavy atom. The van der Waals surface area contributed by atoms with Gasteiger partial charge in [0.2, 0.25) is 0 Å². The monoisotopic (exact) mass is 454 g/mol. The molecular weight excluding hydrogens is 416 g/mol. The standard InChI is InChI=1S/C24H32N2.C6H6N2/c1-22(2,3)16-23(4,5)19-13-14-20(26)18(15-25)21(19)24(6,7)17-11-9-8-10-12-17;1-2-4-6-5(3-1)7-8-6/h8-14H,16,26H2,1-7H3;1-4,7-8H. The lowest BCUT2D eigenvalue weighted by Gasteiger charge is -2.39. The van der Waals surface area contributed by atoms with Crippen LogP contribution in [0.4, 0.5) is 5.69 Å². The molecule has 0 aliphatic rings. The van der Waals surface area contributed by atoms with Gasteiger partial charge in [0.25, 0.3) is 0 Å². The molecule has 4 rings (SSSR count). The zero-order valence-electron chi connectivity index (χ0n) is 21.6. The van der Waals surface area contributed by atoms with Gasteiger partial charge in [-0.2, -0.15) is 5.26 Å². The van der Waals surface area contributed by atoms with Gasteiger partial charge in [-0.1, -0.05) is 97.0 Å². The second kappa shape index (κ2) is 9.43. The van der Waals surface area contributed by atoms with E-state index in [0.717, 1.165) is 12.0 Å². The number of benzene rings is 3. The minimum Gasteiger partial charge on any atom is -0.398 e. The minimum atomic E-state index is -0.313. The van der Waals surface area contributed by atoms with Gasteiger partial charge >= 0.3 is 0 Å². The van der Waals surface area contributed by atoms with Crippen molar-refractivity contribution in [3.05, 3.63) is 89.0 Å². The molecule has 0 unspecified atom stereocenters. The predicted octanol–water partition coefficient (Wildman–Crippen LogP) is 7.68. The van der Waals surface area contributed by atoms with Crippen molar-refractivity contribution < 1.29 is 0 Å². The number of nitrogen functional groups attached to an aromatic ring is 1. The molecule has 1 heterocycles. The molecule has 0 spiro atoms. The summed E-state index contributed by atoms with van der Waals surface area (Å²) >= 11 is 0. The third kappa shape index (κ3) is 5.37. The van der Waals surface area contributed by atoms with Crippen LogP contribution in [0.15, 0.2) is 66.7 Å². The van der Waals surface area contributed by atoms with Crippen LogP contribution in [0.1, 0.15) is 77.1 Å². The van der Waals surface area contributed by atoms with Gasteiger partial charge < -0.3 is 5.73 Å². The number of aromatic amines is 2. The normalized spacial score (nSPS) is 12.2. The lowest BCUT2D eigenvalue weighted by molar-refractivity contribution is 0.281. The van der Waals surface area contributed by atoms with Gasteiger partial charge in [0.1, 0.15) is 6.07 Å². The highest BCUT2D eigenvalue weighted by Crippen LogP contribution is 2.45. The molecule has 0 saturated carbocycles. The van der Waals surface area contributed by atoms with E-state index >= 15 is 0 Å². The fourth-order valence-electron chi connectivity index (χ4n) is 5.15. The first-order valence-corrected chi connectivity index (χ1v) is 11.9. The van der Waals surface area contributed by atoms with Gasteiger partial charge in [0.05, 0.1) is 16.6 Å². The first kappa shape index (κ1) is 25.2. The topological polar surface area (TPSA) is 81.4 Å². The van der Waals surface area contributed by atoms with E-state index in [2.05, 4.69) is 95.1 Å². The zero-order valence-corrected chi connectivity index (χ0v) is 21.6. The molecule has 0 bridgehead atoms. The summed E-state index contributed by atoms with van der Waals surface area (Å²) in [5, 5.41) is 15.8. The van der Waals surface area contributed by atoms with E-state index < -0.39 is 0 Å². The summed E-state index contributed by atoms with van der Waals surface area (Å²) in [4.78, 5) is 0. The quantitative estimate of drug-likeness (QED) is 0.276. The van der Waals surface area contributed by atoms with E-state index in [4.69, 9.17) is 5.73 Å². The summed E-state index contributed by atoms with van der Waals surface area (Å²) in [5.41, 5.74) is 13.0. The number of nitrogens with two attached hydrogens (primary N) is 1. The van der Waals surface area contributed by atoms with Crippen LogP contribution >= 0.6 is 0 Å². The Bertz CT molecular complexity index is 1240. The van der Waals surface area contributed by atoms with E-state index in [0.29, 0.717) is 11.3 Å². The number of nitrogens with zero attached hydrogens (tertiary/aromatic N) is 1. The molecule has 4 N–H and O–H groups in total. The van der Waals surface area contributed by atoms with Crippen LogP contribution in [0.25, 0.3) is 11.0 Å². The fraction of sp³-hybridized carbons (Fsp3) is 0.367. The molecule has 0 saturated heterocycles. The van der Waals surface area contributed by atoms with Gasteiger partial charge in [-0.3, -0.25) is 10.2 Å². The third-order valence-corrected chi connectivity index (χ3v) is 6.43. The molecule has 34 heavy (non-hydrogen) atoms. The maximum absolute atomic E-state index is 9.90. The van der Waals surface area contributed by atoms with Crippen molar-refractivity contribution >= 4 is 16.7 Å². The minimum absolute atomic E-state index is 0.0705. The van der Waals surface area contributed by atoms with Crippen molar-refractivity contribution in [1.29, 1.82) is 5.26 Å². The van der Waals surface area contributed by atoms with Crippen molar-refractivity contribution in [2.45, 2.75) is 65.7 Å². The Hall–Kier alpha value is -3.45. The van der Waals surface area contributed by atoms with Crippen LogP contribution in [-0.4, -0.2) is 10.2 Å². The van der Waals surface area contributed by atoms with Gasteiger partial charge in [-0.15, -0.1) is 0 Å². The summed E-state index contributed by atoms with van der Waals surface area (Å²) in [7, 11) is 0. The average molecular weight is 455 g/mol. The summed E-state index contributed by atoms with van der Waals surface area (Å²) in [6.45, 7) is 15.7. The van der Waals surface area contributed by atoms with E-state index in [1.54, 1.807) is 0 Å². The molecule has 0 amide bonds. The molecule has 0 aliphatic heterocycles. The van der Waals surface area contributed by atoms with Crippen molar-refractivity contribution in [3.63, 3.8) is 0 Å². The first-order chi connectivity index (χ1) is 15.9. The van der Waals surface area contributed by atoms with E-state index in [-0.39, 0.29) is 16.2 Å². The number of hydrogen-bond donors (Lipinski definition) is 3. The lowest BCUT2D eigenvalue weighted by atomic mass is 9.65. The number of anilines is 1. The van der Waals surface area contributed by atoms with Crippen molar-refractivity contribution in [2.24, 2.45) is 5.41 Å². The number of aromatic nitrogens is 2. The van der Waals surface area contributed by atoms with Crippen LogP contribution in [0.3, 0.4) is 0 Å². The summed E-state index contributed by atoms with van der Waals surface area (Å²) in [6, 6.07) is 24.9. The first-order valence-electron chi connectivity index (χ1n) is 11.9. The number of rotatable bonds is 4. The molecule has 4 aromatic rings. The van der Waals surface area contributed by atoms with Crippen LogP contribution in [0, 0.1) is 16.7 Å². The lowest BCUT2D eigenvalue weighted by Crippen LogP contribution is -2.31. The van der Waals surface area contributed by atoms with Crippen LogP contribution < -0.4 is 5.73 Å². The molecule has 0 radical (unpaired) electrons. The van der Waals surface area contributed by atoms with Crippen molar-refractivity contribution in [3.8, 4) is 6.07 Å². The summed E-state index contributed by atoms with van der Waals surface area (Å²) in [5.74, 6) is 0. The molecule has 178 valence electrons. The fourth-order valence-corrected chi connectivity index (χ4v) is 5.15. The maximum Gasteiger partial charge on any atom is 0.102 e. The largest absolute Gasteiger partial charge is 0.398 e. The van der Waals surface area contributed by atoms with E-state index in [1.165, 1.54) is 22.2 Å². The molecule has 1 aromatic heterocycles. The molecule has 0 atom stereocenters. The van der Waals surface area contributed by atoms with E-state index in [9.17, 15) is 5.26 Å². The Kier molecular flexibility index (Phi) is 6.98. The number of H-pyrrole nitrogens is 2. The Morgan fingerprint density at radius 1 is 0.765 bits per heavy atom. The number of fused-ring (bicyclic) bond motifs is 1. The van der Waals surface area contributed by atoms with Gasteiger partial charge in [-0.25, -0.2) is 0 Å². The van der Waals surface area contributed by atoms with Crippen LogP contribution in [0.2, 0.25) is 0 Å². The number of para-hydroxylation sites is 2. The predicted molar refractivity (Wildman–Crippen MR) is 144 cm³/mol. The van der Waals surface area contributed by atoms with Gasteiger partial charge in [-0.05, 0) is 52.1 Å². The molecule has 3 aromatic carbocycles. The molecule has 4 nitrogen and oxygen atoms in total. The van der Waals surface area contributed by atoms with Crippen molar-refractivity contribution in [1.82, 2.24) is 10.2 Å². The second-order valence-corrected chi connectivity index (χ2v) is 11.5. The molecular formula is C30H38N4. The molecule has 0 fully saturated rings. The highest BCUT2D eigenvalue weighted by Gasteiger charge is 2.36. The zero-order chi connectivity index (χ0) is 25.1. The Labute approximate surface area is 204 Å². The average Bonchev–Trinajstić information content (AvgIpc) is 2.73. The van der Waals surface area contributed by atoms with Crippen LogP contribution in [0.5, 0.6) is 0 Å². The Balaban J connectivity index is 0.000000335. The third-order valence-electron chi connectivity index (χ3n) is 6.43. The summed E-state index contributed by atoms with van der Waals surface area (Å²) < 4.78 is 0.